The molecule has 1 aromatic rings. The Morgan fingerprint density at radius 2 is 2.16 bits per heavy atom. The van der Waals surface area contributed by atoms with Gasteiger partial charge in [-0.3, -0.25) is 4.79 Å². The molecule has 0 unspecified atom stereocenters. The first-order chi connectivity index (χ1) is 8.85. The molecule has 0 aliphatic heterocycles. The van der Waals surface area contributed by atoms with Crippen LogP contribution in [-0.2, 0) is 4.74 Å². The number of hydrogen-bond donors (Lipinski definition) is 1. The molecule has 0 fully saturated rings. The Labute approximate surface area is 121 Å². The Hall–Kier alpha value is -0.940. The summed E-state index contributed by atoms with van der Waals surface area (Å²) in [6.07, 6.45) is 0.858. The summed E-state index contributed by atoms with van der Waals surface area (Å²) < 4.78 is 18.4. The van der Waals surface area contributed by atoms with E-state index in [1.807, 2.05) is 0 Å². The van der Waals surface area contributed by atoms with E-state index >= 15 is 0 Å². The Bertz CT molecular complexity index is 449. The highest BCUT2D eigenvalue weighted by Gasteiger charge is 2.19. The first-order valence-corrected chi connectivity index (χ1v) is 6.87. The first kappa shape index (κ1) is 16.1. The maximum atomic E-state index is 13.1. The van der Waals surface area contributed by atoms with Crippen molar-refractivity contribution < 1.29 is 13.9 Å². The third-order valence-corrected chi connectivity index (χ3v) is 3.50. The third-order valence-electron chi connectivity index (χ3n) is 2.89. The van der Waals surface area contributed by atoms with Crippen molar-refractivity contribution in [1.29, 1.82) is 0 Å². The molecule has 0 bridgehead atoms. The van der Waals surface area contributed by atoms with E-state index in [0.29, 0.717) is 23.2 Å². The van der Waals surface area contributed by atoms with Crippen LogP contribution in [0, 0.1) is 11.2 Å². The summed E-state index contributed by atoms with van der Waals surface area (Å²) in [7, 11) is 1.66. The van der Waals surface area contributed by atoms with Gasteiger partial charge in [0.25, 0.3) is 5.91 Å². The summed E-state index contributed by atoms with van der Waals surface area (Å²) in [5.74, 6) is -0.580. The molecule has 0 atom stereocenters. The van der Waals surface area contributed by atoms with E-state index in [-0.39, 0.29) is 17.1 Å². The van der Waals surface area contributed by atoms with Crippen LogP contribution in [0.3, 0.4) is 0 Å². The van der Waals surface area contributed by atoms with Crippen molar-refractivity contribution >= 4 is 21.8 Å². The van der Waals surface area contributed by atoms with E-state index in [1.54, 1.807) is 7.11 Å². The van der Waals surface area contributed by atoms with E-state index < -0.39 is 0 Å². The van der Waals surface area contributed by atoms with Crippen LogP contribution in [0.1, 0.15) is 30.6 Å². The molecule has 1 rings (SSSR count). The number of nitrogens with one attached hydrogen (secondary N) is 1. The van der Waals surface area contributed by atoms with E-state index in [0.717, 1.165) is 6.42 Å². The number of amides is 1. The zero-order valence-electron chi connectivity index (χ0n) is 11.4. The Morgan fingerprint density at radius 1 is 1.47 bits per heavy atom. The lowest BCUT2D eigenvalue weighted by Crippen LogP contribution is -2.34. The lowest BCUT2D eigenvalue weighted by atomic mass is 9.89. The van der Waals surface area contributed by atoms with Crippen LogP contribution in [0.2, 0.25) is 0 Å². The summed E-state index contributed by atoms with van der Waals surface area (Å²) in [6, 6.07) is 4.22. The van der Waals surface area contributed by atoms with Crippen LogP contribution in [0.15, 0.2) is 22.7 Å². The standard InChI is InChI=1S/C14H19BrFNO2/c1-14(2,6-7-19-3)9-17-13(18)10-4-5-12(16)11(15)8-10/h4-5,8H,6-7,9H2,1-3H3,(H,17,18). The number of ether oxygens (including phenoxy) is 1. The molecular formula is C14H19BrFNO2. The quantitative estimate of drug-likeness (QED) is 0.867. The predicted octanol–water partition coefficient (Wildman–Crippen LogP) is 3.38. The van der Waals surface area contributed by atoms with E-state index in [4.69, 9.17) is 4.74 Å². The topological polar surface area (TPSA) is 38.3 Å². The minimum Gasteiger partial charge on any atom is -0.385 e. The molecule has 0 aromatic heterocycles. The molecule has 0 saturated carbocycles. The zero-order valence-corrected chi connectivity index (χ0v) is 13.0. The zero-order chi connectivity index (χ0) is 14.5. The number of halogens is 2. The largest absolute Gasteiger partial charge is 0.385 e. The number of carbonyl (C=O) groups excluding carboxylic acids is 1. The summed E-state index contributed by atoms with van der Waals surface area (Å²) >= 11 is 3.07. The average Bonchev–Trinajstić information content (AvgIpc) is 2.37. The van der Waals surface area contributed by atoms with Gasteiger partial charge in [-0.05, 0) is 46.0 Å². The van der Waals surface area contributed by atoms with E-state index in [2.05, 4.69) is 35.1 Å². The molecule has 1 aromatic carbocycles. The second-order valence-electron chi connectivity index (χ2n) is 5.22. The van der Waals surface area contributed by atoms with Gasteiger partial charge in [0.2, 0.25) is 0 Å². The predicted molar refractivity (Wildman–Crippen MR) is 76.7 cm³/mol. The number of carbonyl (C=O) groups is 1. The van der Waals surface area contributed by atoms with Gasteiger partial charge in [0, 0.05) is 25.8 Å². The molecule has 0 heterocycles. The number of benzene rings is 1. The Kier molecular flexibility index (Phi) is 5.94. The fourth-order valence-corrected chi connectivity index (χ4v) is 1.90. The van der Waals surface area contributed by atoms with Crippen molar-refractivity contribution in [2.24, 2.45) is 5.41 Å². The van der Waals surface area contributed by atoms with Crippen LogP contribution in [-0.4, -0.2) is 26.2 Å². The summed E-state index contributed by atoms with van der Waals surface area (Å²) in [6.45, 7) is 5.33. The summed E-state index contributed by atoms with van der Waals surface area (Å²) in [4.78, 5) is 11.9. The molecule has 0 aliphatic carbocycles. The van der Waals surface area contributed by atoms with Crippen LogP contribution in [0.5, 0.6) is 0 Å². The van der Waals surface area contributed by atoms with Crippen molar-refractivity contribution in [1.82, 2.24) is 5.32 Å². The molecule has 0 radical (unpaired) electrons. The van der Waals surface area contributed by atoms with E-state index in [9.17, 15) is 9.18 Å². The maximum Gasteiger partial charge on any atom is 0.251 e. The van der Waals surface area contributed by atoms with Crippen molar-refractivity contribution in [2.75, 3.05) is 20.3 Å². The molecule has 5 heteroatoms. The fraction of sp³-hybridized carbons (Fsp3) is 0.500. The van der Waals surface area contributed by atoms with Crippen LogP contribution in [0.4, 0.5) is 4.39 Å². The van der Waals surface area contributed by atoms with Crippen molar-refractivity contribution in [3.05, 3.63) is 34.1 Å². The molecule has 1 amide bonds. The van der Waals surface area contributed by atoms with Gasteiger partial charge in [-0.2, -0.15) is 0 Å². The fourth-order valence-electron chi connectivity index (χ4n) is 1.53. The van der Waals surface area contributed by atoms with Crippen LogP contribution in [0.25, 0.3) is 0 Å². The van der Waals surface area contributed by atoms with Gasteiger partial charge < -0.3 is 10.1 Å². The summed E-state index contributed by atoms with van der Waals surface area (Å²) in [5.41, 5.74) is 0.402. The van der Waals surface area contributed by atoms with Gasteiger partial charge in [0.1, 0.15) is 5.82 Å². The molecule has 3 nitrogen and oxygen atoms in total. The summed E-state index contributed by atoms with van der Waals surface area (Å²) in [5, 5.41) is 2.86. The van der Waals surface area contributed by atoms with Gasteiger partial charge in [-0.25, -0.2) is 4.39 Å². The number of methoxy groups -OCH3 is 1. The van der Waals surface area contributed by atoms with Crippen molar-refractivity contribution in [3.63, 3.8) is 0 Å². The minimum atomic E-state index is -0.378. The highest BCUT2D eigenvalue weighted by atomic mass is 79.9. The third kappa shape index (κ3) is 5.28. The van der Waals surface area contributed by atoms with Gasteiger partial charge in [-0.1, -0.05) is 13.8 Å². The normalized spacial score (nSPS) is 11.4. The van der Waals surface area contributed by atoms with Crippen molar-refractivity contribution in [2.45, 2.75) is 20.3 Å². The molecule has 0 spiro atoms. The second-order valence-corrected chi connectivity index (χ2v) is 6.07. The lowest BCUT2D eigenvalue weighted by Gasteiger charge is -2.24. The molecule has 19 heavy (non-hydrogen) atoms. The number of hydrogen-bond acceptors (Lipinski definition) is 2. The van der Waals surface area contributed by atoms with Gasteiger partial charge in [-0.15, -0.1) is 0 Å². The SMILES string of the molecule is COCCC(C)(C)CNC(=O)c1ccc(F)c(Br)c1. The van der Waals surface area contributed by atoms with Gasteiger partial charge in [0.15, 0.2) is 0 Å². The van der Waals surface area contributed by atoms with Crippen LogP contribution < -0.4 is 5.32 Å². The Morgan fingerprint density at radius 3 is 2.74 bits per heavy atom. The number of rotatable bonds is 6. The maximum absolute atomic E-state index is 13.1. The Balaban J connectivity index is 2.57. The smallest absolute Gasteiger partial charge is 0.251 e. The van der Waals surface area contributed by atoms with Gasteiger partial charge in [0.05, 0.1) is 4.47 Å². The molecular weight excluding hydrogens is 313 g/mol. The highest BCUT2D eigenvalue weighted by molar-refractivity contribution is 9.10. The molecule has 106 valence electrons. The highest BCUT2D eigenvalue weighted by Crippen LogP contribution is 2.20. The second kappa shape index (κ2) is 7.01. The van der Waals surface area contributed by atoms with Gasteiger partial charge >= 0.3 is 0 Å². The lowest BCUT2D eigenvalue weighted by molar-refractivity contribution is 0.0921. The average molecular weight is 332 g/mol. The minimum absolute atomic E-state index is 0.0388. The molecule has 1 N–H and O–H groups in total. The van der Waals surface area contributed by atoms with Crippen LogP contribution >= 0.6 is 15.9 Å². The van der Waals surface area contributed by atoms with E-state index in [1.165, 1.54) is 18.2 Å². The first-order valence-electron chi connectivity index (χ1n) is 6.08. The monoisotopic (exact) mass is 331 g/mol. The molecule has 0 aliphatic rings. The molecule has 0 saturated heterocycles. The van der Waals surface area contributed by atoms with Crippen molar-refractivity contribution in [3.8, 4) is 0 Å².